The van der Waals surface area contributed by atoms with E-state index in [-0.39, 0.29) is 0 Å². The summed E-state index contributed by atoms with van der Waals surface area (Å²) >= 11 is 0. The van der Waals surface area contributed by atoms with Crippen molar-refractivity contribution in [1.82, 2.24) is 9.80 Å². The number of likely N-dealkylation sites (N-methyl/N-ethyl adjacent to an activating group) is 2. The SMILES string of the molecule is CCN(CCN(C)C)Cc1cccc(OCc2ccccc2)c1. The predicted molar refractivity (Wildman–Crippen MR) is 96.7 cm³/mol. The quantitative estimate of drug-likeness (QED) is 0.703. The number of benzene rings is 2. The van der Waals surface area contributed by atoms with Gasteiger partial charge in [-0.3, -0.25) is 4.90 Å². The standard InChI is InChI=1S/C20H28N2O/c1-4-22(14-13-21(2)3)16-19-11-8-12-20(15-19)23-17-18-9-6-5-7-10-18/h5-12,15H,4,13-14,16-17H2,1-3H3. The number of nitrogens with zero attached hydrogens (tertiary/aromatic N) is 2. The Morgan fingerprint density at radius 3 is 2.30 bits per heavy atom. The van der Waals surface area contributed by atoms with Gasteiger partial charge < -0.3 is 9.64 Å². The van der Waals surface area contributed by atoms with Crippen LogP contribution in [0.4, 0.5) is 0 Å². The fourth-order valence-corrected chi connectivity index (χ4v) is 2.42. The molecule has 3 nitrogen and oxygen atoms in total. The second kappa shape index (κ2) is 9.33. The lowest BCUT2D eigenvalue weighted by molar-refractivity contribution is 0.243. The molecular formula is C20H28N2O. The first-order chi connectivity index (χ1) is 11.2. The summed E-state index contributed by atoms with van der Waals surface area (Å²) in [6, 6.07) is 18.7. The van der Waals surface area contributed by atoms with E-state index < -0.39 is 0 Å². The lowest BCUT2D eigenvalue weighted by atomic mass is 10.2. The van der Waals surface area contributed by atoms with E-state index in [1.165, 1.54) is 11.1 Å². The van der Waals surface area contributed by atoms with Crippen molar-refractivity contribution in [2.24, 2.45) is 0 Å². The van der Waals surface area contributed by atoms with Crippen LogP contribution in [0.15, 0.2) is 54.6 Å². The van der Waals surface area contributed by atoms with Gasteiger partial charge in [-0.05, 0) is 43.9 Å². The third-order valence-corrected chi connectivity index (χ3v) is 3.86. The number of hydrogen-bond donors (Lipinski definition) is 0. The zero-order chi connectivity index (χ0) is 16.5. The maximum absolute atomic E-state index is 5.92. The highest BCUT2D eigenvalue weighted by molar-refractivity contribution is 5.29. The Hall–Kier alpha value is -1.84. The number of hydrogen-bond acceptors (Lipinski definition) is 3. The largest absolute Gasteiger partial charge is 0.489 e. The average molecular weight is 312 g/mol. The van der Waals surface area contributed by atoms with E-state index in [9.17, 15) is 0 Å². The van der Waals surface area contributed by atoms with Crippen LogP contribution in [0.3, 0.4) is 0 Å². The van der Waals surface area contributed by atoms with Gasteiger partial charge in [-0.15, -0.1) is 0 Å². The van der Waals surface area contributed by atoms with Gasteiger partial charge in [0.25, 0.3) is 0 Å². The molecule has 0 aliphatic rings. The van der Waals surface area contributed by atoms with E-state index >= 15 is 0 Å². The molecule has 23 heavy (non-hydrogen) atoms. The fraction of sp³-hybridized carbons (Fsp3) is 0.400. The van der Waals surface area contributed by atoms with Gasteiger partial charge >= 0.3 is 0 Å². The van der Waals surface area contributed by atoms with Crippen LogP contribution in [0.5, 0.6) is 5.75 Å². The summed E-state index contributed by atoms with van der Waals surface area (Å²) in [5, 5.41) is 0. The van der Waals surface area contributed by atoms with E-state index in [0.29, 0.717) is 6.61 Å². The van der Waals surface area contributed by atoms with Crippen LogP contribution in [0.2, 0.25) is 0 Å². The molecule has 0 heterocycles. The molecule has 2 rings (SSSR count). The Bertz CT molecular complexity index is 569. The number of ether oxygens (including phenoxy) is 1. The monoisotopic (exact) mass is 312 g/mol. The van der Waals surface area contributed by atoms with Gasteiger partial charge in [0.1, 0.15) is 12.4 Å². The van der Waals surface area contributed by atoms with Crippen LogP contribution in [0.25, 0.3) is 0 Å². The smallest absolute Gasteiger partial charge is 0.120 e. The summed E-state index contributed by atoms with van der Waals surface area (Å²) in [6.07, 6.45) is 0. The van der Waals surface area contributed by atoms with Crippen LogP contribution in [0, 0.1) is 0 Å². The molecule has 0 atom stereocenters. The molecular weight excluding hydrogens is 284 g/mol. The first kappa shape index (κ1) is 17.5. The van der Waals surface area contributed by atoms with Gasteiger partial charge in [-0.2, -0.15) is 0 Å². The molecule has 2 aromatic carbocycles. The van der Waals surface area contributed by atoms with Gasteiger partial charge in [-0.1, -0.05) is 49.4 Å². The zero-order valence-electron chi connectivity index (χ0n) is 14.5. The van der Waals surface area contributed by atoms with Crippen LogP contribution in [-0.4, -0.2) is 43.5 Å². The van der Waals surface area contributed by atoms with Crippen LogP contribution in [-0.2, 0) is 13.2 Å². The lowest BCUT2D eigenvalue weighted by Crippen LogP contribution is -2.31. The maximum Gasteiger partial charge on any atom is 0.120 e. The minimum atomic E-state index is 0.614. The van der Waals surface area contributed by atoms with E-state index in [0.717, 1.165) is 31.9 Å². The molecule has 0 unspecified atom stereocenters. The second-order valence-corrected chi connectivity index (χ2v) is 6.09. The molecule has 0 aliphatic heterocycles. The van der Waals surface area contributed by atoms with Crippen LogP contribution < -0.4 is 4.74 Å². The summed E-state index contributed by atoms with van der Waals surface area (Å²) in [6.45, 7) is 7.01. The molecule has 0 radical (unpaired) electrons. The summed E-state index contributed by atoms with van der Waals surface area (Å²) < 4.78 is 5.92. The predicted octanol–water partition coefficient (Wildman–Crippen LogP) is 3.65. The van der Waals surface area contributed by atoms with Crippen LogP contribution in [0.1, 0.15) is 18.1 Å². The lowest BCUT2D eigenvalue weighted by Gasteiger charge is -2.22. The minimum Gasteiger partial charge on any atom is -0.489 e. The molecule has 2 aromatic rings. The van der Waals surface area contributed by atoms with Crippen molar-refractivity contribution in [3.05, 3.63) is 65.7 Å². The van der Waals surface area contributed by atoms with Crippen molar-refractivity contribution in [1.29, 1.82) is 0 Å². The Labute approximate surface area is 140 Å². The first-order valence-electron chi connectivity index (χ1n) is 8.30. The summed E-state index contributed by atoms with van der Waals surface area (Å²) in [5.41, 5.74) is 2.50. The van der Waals surface area contributed by atoms with E-state index in [4.69, 9.17) is 4.74 Å². The third kappa shape index (κ3) is 6.43. The molecule has 0 N–H and O–H groups in total. The summed E-state index contributed by atoms with van der Waals surface area (Å²) in [7, 11) is 4.23. The molecule has 3 heteroatoms. The Kier molecular flexibility index (Phi) is 7.11. The molecule has 0 aromatic heterocycles. The second-order valence-electron chi connectivity index (χ2n) is 6.09. The summed E-state index contributed by atoms with van der Waals surface area (Å²) in [5.74, 6) is 0.940. The Balaban J connectivity index is 1.90. The van der Waals surface area contributed by atoms with Crippen molar-refractivity contribution in [3.63, 3.8) is 0 Å². The van der Waals surface area contributed by atoms with E-state index in [1.54, 1.807) is 0 Å². The van der Waals surface area contributed by atoms with Crippen LogP contribution >= 0.6 is 0 Å². The molecule has 0 fully saturated rings. The Morgan fingerprint density at radius 2 is 1.61 bits per heavy atom. The number of rotatable bonds is 9. The highest BCUT2D eigenvalue weighted by Crippen LogP contribution is 2.16. The zero-order valence-corrected chi connectivity index (χ0v) is 14.5. The Morgan fingerprint density at radius 1 is 0.870 bits per heavy atom. The molecule has 0 saturated heterocycles. The van der Waals surface area contributed by atoms with Crippen molar-refractivity contribution in [2.45, 2.75) is 20.1 Å². The molecule has 0 aliphatic carbocycles. The van der Waals surface area contributed by atoms with Gasteiger partial charge in [0.2, 0.25) is 0 Å². The topological polar surface area (TPSA) is 15.7 Å². The van der Waals surface area contributed by atoms with Gasteiger partial charge in [0.15, 0.2) is 0 Å². The highest BCUT2D eigenvalue weighted by atomic mass is 16.5. The van der Waals surface area contributed by atoms with E-state index in [2.05, 4.69) is 61.2 Å². The third-order valence-electron chi connectivity index (χ3n) is 3.86. The van der Waals surface area contributed by atoms with Gasteiger partial charge in [0.05, 0.1) is 0 Å². The van der Waals surface area contributed by atoms with Crippen molar-refractivity contribution in [2.75, 3.05) is 33.7 Å². The van der Waals surface area contributed by atoms with Crippen molar-refractivity contribution < 1.29 is 4.74 Å². The normalized spacial score (nSPS) is 11.2. The van der Waals surface area contributed by atoms with Crippen molar-refractivity contribution >= 4 is 0 Å². The first-order valence-corrected chi connectivity index (χ1v) is 8.30. The molecule has 0 saturated carbocycles. The highest BCUT2D eigenvalue weighted by Gasteiger charge is 2.05. The maximum atomic E-state index is 5.92. The summed E-state index contributed by atoms with van der Waals surface area (Å²) in [4.78, 5) is 4.68. The molecule has 0 spiro atoms. The van der Waals surface area contributed by atoms with E-state index in [1.807, 2.05) is 24.3 Å². The fourth-order valence-electron chi connectivity index (χ4n) is 2.42. The minimum absolute atomic E-state index is 0.614. The van der Waals surface area contributed by atoms with Crippen molar-refractivity contribution in [3.8, 4) is 5.75 Å². The van der Waals surface area contributed by atoms with Gasteiger partial charge in [-0.25, -0.2) is 0 Å². The van der Waals surface area contributed by atoms with Gasteiger partial charge in [0, 0.05) is 19.6 Å². The average Bonchev–Trinajstić information content (AvgIpc) is 2.58. The molecule has 0 amide bonds. The molecule has 0 bridgehead atoms. The molecule has 124 valence electrons.